The molecule has 0 radical (unpaired) electrons. The van der Waals surface area contributed by atoms with Crippen LogP contribution < -0.4 is 10.6 Å². The van der Waals surface area contributed by atoms with Crippen LogP contribution in [0.5, 0.6) is 5.75 Å². The van der Waals surface area contributed by atoms with Crippen molar-refractivity contribution in [3.8, 4) is 5.75 Å². The molecule has 1 aromatic rings. The third-order valence-corrected chi connectivity index (χ3v) is 3.19. The Morgan fingerprint density at radius 2 is 2.13 bits per heavy atom. The fourth-order valence-electron chi connectivity index (χ4n) is 2.27. The van der Waals surface area contributed by atoms with Crippen LogP contribution in [0.1, 0.15) is 30.9 Å². The highest BCUT2D eigenvalue weighted by atomic mass is 16.3. The van der Waals surface area contributed by atoms with E-state index >= 15 is 0 Å². The Kier molecular flexibility index (Phi) is 2.06. The minimum atomic E-state index is 0.329. The van der Waals surface area contributed by atoms with E-state index in [2.05, 4.69) is 10.6 Å². The second-order valence-electron chi connectivity index (χ2n) is 4.45. The van der Waals surface area contributed by atoms with Gasteiger partial charge in [0.05, 0.1) is 0 Å². The van der Waals surface area contributed by atoms with Crippen LogP contribution in [0, 0.1) is 0 Å². The first kappa shape index (κ1) is 9.04. The molecule has 0 aromatic heterocycles. The van der Waals surface area contributed by atoms with Crippen molar-refractivity contribution < 1.29 is 5.11 Å². The van der Waals surface area contributed by atoms with Gasteiger partial charge in [-0.05, 0) is 31.4 Å². The molecule has 1 heterocycles. The first-order valence-corrected chi connectivity index (χ1v) is 5.66. The summed E-state index contributed by atoms with van der Waals surface area (Å²) >= 11 is 0. The van der Waals surface area contributed by atoms with Crippen LogP contribution in [0.15, 0.2) is 18.2 Å². The van der Waals surface area contributed by atoms with Gasteiger partial charge in [-0.25, -0.2) is 0 Å². The molecule has 2 aliphatic rings. The summed E-state index contributed by atoms with van der Waals surface area (Å²) < 4.78 is 0. The summed E-state index contributed by atoms with van der Waals surface area (Å²) in [6.45, 7) is 0.987. The van der Waals surface area contributed by atoms with Gasteiger partial charge in [0.1, 0.15) is 5.75 Å². The van der Waals surface area contributed by atoms with E-state index in [-0.39, 0.29) is 0 Å². The fourth-order valence-corrected chi connectivity index (χ4v) is 2.27. The summed E-state index contributed by atoms with van der Waals surface area (Å²) in [6.07, 6.45) is 3.63. The Bertz CT molecular complexity index is 374. The number of fused-ring (bicyclic) bond motifs is 1. The quantitative estimate of drug-likeness (QED) is 0.690. The predicted octanol–water partition coefficient (Wildman–Crippen LogP) is 2.00. The summed E-state index contributed by atoms with van der Waals surface area (Å²) in [7, 11) is 0. The molecule has 0 saturated heterocycles. The smallest absolute Gasteiger partial charge is 0.122 e. The van der Waals surface area contributed by atoms with Gasteiger partial charge in [-0.3, -0.25) is 0 Å². The predicted molar refractivity (Wildman–Crippen MR) is 60.1 cm³/mol. The number of phenols is 1. The lowest BCUT2D eigenvalue weighted by atomic mass is 9.97. The SMILES string of the molecule is Oc1cccc2c1C(NC1CC1)CCN2. The molecule has 1 aliphatic heterocycles. The molecule has 1 unspecified atom stereocenters. The van der Waals surface area contributed by atoms with E-state index in [0.717, 1.165) is 24.2 Å². The van der Waals surface area contributed by atoms with Crippen LogP contribution in [0.3, 0.4) is 0 Å². The zero-order valence-electron chi connectivity index (χ0n) is 8.66. The van der Waals surface area contributed by atoms with E-state index in [1.807, 2.05) is 12.1 Å². The van der Waals surface area contributed by atoms with Crippen LogP contribution in [-0.4, -0.2) is 17.7 Å². The van der Waals surface area contributed by atoms with Gasteiger partial charge in [-0.1, -0.05) is 6.07 Å². The molecule has 15 heavy (non-hydrogen) atoms. The fraction of sp³-hybridized carbons (Fsp3) is 0.500. The lowest BCUT2D eigenvalue weighted by Crippen LogP contribution is -2.29. The Labute approximate surface area is 89.5 Å². The van der Waals surface area contributed by atoms with Gasteiger partial charge in [-0.15, -0.1) is 0 Å². The highest BCUT2D eigenvalue weighted by Gasteiger charge is 2.29. The zero-order chi connectivity index (χ0) is 10.3. The van der Waals surface area contributed by atoms with E-state index in [4.69, 9.17) is 0 Å². The number of rotatable bonds is 2. The molecule has 1 fully saturated rings. The third kappa shape index (κ3) is 1.67. The number of anilines is 1. The van der Waals surface area contributed by atoms with Crippen LogP contribution in [-0.2, 0) is 0 Å². The number of hydrogen-bond acceptors (Lipinski definition) is 3. The molecule has 1 atom stereocenters. The Morgan fingerprint density at radius 1 is 1.27 bits per heavy atom. The van der Waals surface area contributed by atoms with Crippen molar-refractivity contribution in [2.24, 2.45) is 0 Å². The number of aromatic hydroxyl groups is 1. The second-order valence-corrected chi connectivity index (χ2v) is 4.45. The average Bonchev–Trinajstić information content (AvgIpc) is 3.02. The molecule has 1 aliphatic carbocycles. The lowest BCUT2D eigenvalue weighted by Gasteiger charge is -2.28. The summed E-state index contributed by atoms with van der Waals surface area (Å²) in [5.41, 5.74) is 2.13. The van der Waals surface area contributed by atoms with E-state index < -0.39 is 0 Å². The van der Waals surface area contributed by atoms with Gasteiger partial charge in [0, 0.05) is 29.9 Å². The normalized spacial score (nSPS) is 24.4. The minimum Gasteiger partial charge on any atom is -0.508 e. The minimum absolute atomic E-state index is 0.329. The first-order valence-electron chi connectivity index (χ1n) is 5.66. The summed E-state index contributed by atoms with van der Waals surface area (Å²) in [5.74, 6) is 0.415. The van der Waals surface area contributed by atoms with Crippen molar-refractivity contribution in [1.82, 2.24) is 5.32 Å². The Hall–Kier alpha value is -1.22. The second kappa shape index (κ2) is 3.42. The molecule has 0 bridgehead atoms. The summed E-state index contributed by atoms with van der Waals surface area (Å²) in [5, 5.41) is 16.8. The molecule has 80 valence electrons. The summed E-state index contributed by atoms with van der Waals surface area (Å²) in [6, 6.07) is 6.71. The largest absolute Gasteiger partial charge is 0.508 e. The molecular formula is C12H16N2O. The standard InChI is InChI=1S/C12H16N2O/c15-11-3-1-2-9-12(11)10(6-7-13-9)14-8-4-5-8/h1-3,8,10,13-15H,4-7H2. The molecule has 3 nitrogen and oxygen atoms in total. The van der Waals surface area contributed by atoms with Gasteiger partial charge < -0.3 is 15.7 Å². The Balaban J connectivity index is 1.93. The van der Waals surface area contributed by atoms with Crippen molar-refractivity contribution in [3.05, 3.63) is 23.8 Å². The highest BCUT2D eigenvalue weighted by molar-refractivity contribution is 5.60. The molecule has 3 heteroatoms. The molecule has 3 N–H and O–H groups in total. The van der Waals surface area contributed by atoms with E-state index in [1.54, 1.807) is 6.07 Å². The maximum Gasteiger partial charge on any atom is 0.122 e. The maximum absolute atomic E-state index is 9.88. The van der Waals surface area contributed by atoms with Crippen LogP contribution >= 0.6 is 0 Å². The molecule has 1 aromatic carbocycles. The molecule has 0 spiro atoms. The topological polar surface area (TPSA) is 44.3 Å². The van der Waals surface area contributed by atoms with Crippen LogP contribution in [0.25, 0.3) is 0 Å². The van der Waals surface area contributed by atoms with Crippen molar-refractivity contribution >= 4 is 5.69 Å². The van der Waals surface area contributed by atoms with Gasteiger partial charge >= 0.3 is 0 Å². The van der Waals surface area contributed by atoms with Crippen molar-refractivity contribution in [3.63, 3.8) is 0 Å². The number of phenolic OH excluding ortho intramolecular Hbond substituents is 1. The first-order chi connectivity index (χ1) is 7.34. The maximum atomic E-state index is 9.88. The van der Waals surface area contributed by atoms with Crippen molar-refractivity contribution in [1.29, 1.82) is 0 Å². The summed E-state index contributed by atoms with van der Waals surface area (Å²) in [4.78, 5) is 0. The van der Waals surface area contributed by atoms with Gasteiger partial charge in [0.25, 0.3) is 0 Å². The molecule has 3 rings (SSSR count). The van der Waals surface area contributed by atoms with Gasteiger partial charge in [-0.2, -0.15) is 0 Å². The monoisotopic (exact) mass is 204 g/mol. The number of nitrogens with one attached hydrogen (secondary N) is 2. The Morgan fingerprint density at radius 3 is 2.93 bits per heavy atom. The van der Waals surface area contributed by atoms with Crippen LogP contribution in [0.4, 0.5) is 5.69 Å². The van der Waals surface area contributed by atoms with Crippen molar-refractivity contribution in [2.45, 2.75) is 31.3 Å². The van der Waals surface area contributed by atoms with E-state index in [1.165, 1.54) is 12.8 Å². The third-order valence-electron chi connectivity index (χ3n) is 3.19. The molecule has 1 saturated carbocycles. The van der Waals surface area contributed by atoms with Gasteiger partial charge in [0.2, 0.25) is 0 Å². The van der Waals surface area contributed by atoms with Gasteiger partial charge in [0.15, 0.2) is 0 Å². The van der Waals surface area contributed by atoms with Crippen LogP contribution in [0.2, 0.25) is 0 Å². The molecular weight excluding hydrogens is 188 g/mol. The highest BCUT2D eigenvalue weighted by Crippen LogP contribution is 2.38. The number of hydrogen-bond donors (Lipinski definition) is 3. The zero-order valence-corrected chi connectivity index (χ0v) is 8.66. The number of benzene rings is 1. The van der Waals surface area contributed by atoms with E-state index in [9.17, 15) is 5.11 Å². The van der Waals surface area contributed by atoms with Crippen molar-refractivity contribution in [2.75, 3.05) is 11.9 Å². The van der Waals surface area contributed by atoms with E-state index in [0.29, 0.717) is 17.8 Å². The molecule has 0 amide bonds. The average molecular weight is 204 g/mol. The lowest BCUT2D eigenvalue weighted by molar-refractivity contribution is 0.433.